The van der Waals surface area contributed by atoms with Crippen molar-refractivity contribution in [2.24, 2.45) is 50.5 Å². The molecule has 0 saturated heterocycles. The quantitative estimate of drug-likeness (QED) is 0.402. The smallest absolute Gasteiger partial charge is 0.139 e. The fourth-order valence-corrected chi connectivity index (χ4v) is 7.19. The molecular weight excluding hydrogens is 378 g/mol. The summed E-state index contributed by atoms with van der Waals surface area (Å²) in [6.07, 6.45) is 9.57. The standard InChI is InChI=1S/C24H37N3O3/c1-4-12-29-27-21-15-17-18-5-6-22(28)24(18,3)10-8-19(17)23(2)9-7-16(14-20(21)23)26-30-13-11-25/h4,17-20H,1,5-15,25H2,2-3H3/b26-16-,27-21-/t17-,18-,19-,20?,23+,24-/m0/s1. The molecule has 0 bridgehead atoms. The van der Waals surface area contributed by atoms with Gasteiger partial charge in [0.25, 0.3) is 0 Å². The maximum atomic E-state index is 12.7. The van der Waals surface area contributed by atoms with Crippen molar-refractivity contribution in [2.75, 3.05) is 19.8 Å². The van der Waals surface area contributed by atoms with Crippen molar-refractivity contribution in [3.8, 4) is 0 Å². The topological polar surface area (TPSA) is 86.3 Å². The van der Waals surface area contributed by atoms with E-state index >= 15 is 0 Å². The van der Waals surface area contributed by atoms with Gasteiger partial charge in [0.1, 0.15) is 19.0 Å². The maximum Gasteiger partial charge on any atom is 0.139 e. The Labute approximate surface area is 180 Å². The molecule has 0 radical (unpaired) electrons. The van der Waals surface area contributed by atoms with Gasteiger partial charge in [-0.1, -0.05) is 36.8 Å². The molecular formula is C24H37N3O3. The Morgan fingerprint density at radius 2 is 1.97 bits per heavy atom. The van der Waals surface area contributed by atoms with Crippen LogP contribution in [-0.2, 0) is 14.5 Å². The molecule has 6 nitrogen and oxygen atoms in total. The summed E-state index contributed by atoms with van der Waals surface area (Å²) in [4.78, 5) is 23.7. The number of hydrogen-bond acceptors (Lipinski definition) is 6. The van der Waals surface area contributed by atoms with Crippen LogP contribution in [0.4, 0.5) is 0 Å². The zero-order valence-corrected chi connectivity index (χ0v) is 18.6. The summed E-state index contributed by atoms with van der Waals surface area (Å²) in [5.41, 5.74) is 7.83. The van der Waals surface area contributed by atoms with Crippen molar-refractivity contribution < 1.29 is 14.5 Å². The number of ketones is 1. The molecule has 4 aliphatic carbocycles. The summed E-state index contributed by atoms with van der Waals surface area (Å²) in [6, 6.07) is 0. The molecule has 4 aliphatic rings. The van der Waals surface area contributed by atoms with Crippen LogP contribution in [0.2, 0.25) is 0 Å². The van der Waals surface area contributed by atoms with E-state index in [4.69, 9.17) is 15.4 Å². The van der Waals surface area contributed by atoms with E-state index in [0.29, 0.717) is 49.2 Å². The minimum atomic E-state index is -0.130. The third-order valence-corrected chi connectivity index (χ3v) is 8.81. The first-order chi connectivity index (χ1) is 14.4. The molecule has 0 amide bonds. The highest BCUT2D eigenvalue weighted by Gasteiger charge is 2.61. The van der Waals surface area contributed by atoms with Gasteiger partial charge >= 0.3 is 0 Å². The summed E-state index contributed by atoms with van der Waals surface area (Å²) in [7, 11) is 0. The Balaban J connectivity index is 1.64. The second kappa shape index (κ2) is 8.45. The molecule has 1 unspecified atom stereocenters. The second-order valence-corrected chi connectivity index (χ2v) is 10.2. The van der Waals surface area contributed by atoms with Crippen LogP contribution in [-0.4, -0.2) is 37.0 Å². The molecule has 4 fully saturated rings. The molecule has 2 N–H and O–H groups in total. The lowest BCUT2D eigenvalue weighted by Crippen LogP contribution is -2.56. The Morgan fingerprint density at radius 3 is 2.73 bits per heavy atom. The normalized spacial score (nSPS) is 43.1. The van der Waals surface area contributed by atoms with E-state index in [9.17, 15) is 4.79 Å². The van der Waals surface area contributed by atoms with Gasteiger partial charge in [0.05, 0.1) is 11.4 Å². The summed E-state index contributed by atoms with van der Waals surface area (Å²) in [5.74, 6) is 2.44. The second-order valence-electron chi connectivity index (χ2n) is 10.2. The molecule has 0 aromatic carbocycles. The highest BCUT2D eigenvalue weighted by atomic mass is 16.6. The number of carbonyl (C=O) groups is 1. The third-order valence-electron chi connectivity index (χ3n) is 8.81. The van der Waals surface area contributed by atoms with Gasteiger partial charge in [-0.25, -0.2) is 0 Å². The van der Waals surface area contributed by atoms with Crippen LogP contribution in [0.15, 0.2) is 23.0 Å². The van der Waals surface area contributed by atoms with Crippen LogP contribution in [0.3, 0.4) is 0 Å². The van der Waals surface area contributed by atoms with Gasteiger partial charge in [-0.2, -0.15) is 0 Å². The molecule has 0 heterocycles. The molecule has 4 rings (SSSR count). The fourth-order valence-electron chi connectivity index (χ4n) is 7.19. The Hall–Kier alpha value is -1.69. The first-order valence-corrected chi connectivity index (χ1v) is 11.6. The van der Waals surface area contributed by atoms with E-state index in [0.717, 1.165) is 62.8 Å². The lowest BCUT2D eigenvalue weighted by atomic mass is 9.45. The van der Waals surface area contributed by atoms with Crippen molar-refractivity contribution in [1.29, 1.82) is 0 Å². The molecule has 0 aliphatic heterocycles. The van der Waals surface area contributed by atoms with Gasteiger partial charge in [0.2, 0.25) is 0 Å². The highest BCUT2D eigenvalue weighted by molar-refractivity contribution is 5.96. The van der Waals surface area contributed by atoms with Gasteiger partial charge in [-0.05, 0) is 68.1 Å². The molecule has 4 saturated carbocycles. The summed E-state index contributed by atoms with van der Waals surface area (Å²) >= 11 is 0. The number of oxime groups is 2. The zero-order valence-electron chi connectivity index (χ0n) is 18.6. The molecule has 0 aromatic rings. The van der Waals surface area contributed by atoms with E-state index in [-0.39, 0.29) is 10.8 Å². The van der Waals surface area contributed by atoms with Crippen LogP contribution < -0.4 is 5.73 Å². The van der Waals surface area contributed by atoms with Crippen LogP contribution in [0.25, 0.3) is 0 Å². The maximum absolute atomic E-state index is 12.7. The first-order valence-electron chi connectivity index (χ1n) is 11.6. The van der Waals surface area contributed by atoms with Crippen LogP contribution in [0.5, 0.6) is 0 Å². The molecule has 6 atom stereocenters. The minimum Gasteiger partial charge on any atom is -0.395 e. The van der Waals surface area contributed by atoms with Crippen molar-refractivity contribution in [3.05, 3.63) is 12.7 Å². The molecule has 0 spiro atoms. The van der Waals surface area contributed by atoms with Gasteiger partial charge < -0.3 is 15.4 Å². The number of nitrogens with two attached hydrogens (primary N) is 1. The lowest BCUT2D eigenvalue weighted by molar-refractivity contribution is -0.133. The molecule has 30 heavy (non-hydrogen) atoms. The number of Topliss-reactive ketones (excluding diaryl/α,β-unsaturated/α-hetero) is 1. The van der Waals surface area contributed by atoms with Crippen LogP contribution in [0, 0.1) is 34.5 Å². The molecule has 0 aromatic heterocycles. The van der Waals surface area contributed by atoms with Crippen molar-refractivity contribution in [3.63, 3.8) is 0 Å². The van der Waals surface area contributed by atoms with Crippen molar-refractivity contribution >= 4 is 17.2 Å². The highest BCUT2D eigenvalue weighted by Crippen LogP contribution is 2.64. The van der Waals surface area contributed by atoms with E-state index in [1.165, 1.54) is 0 Å². The summed E-state index contributed by atoms with van der Waals surface area (Å²) < 4.78 is 0. The number of carbonyl (C=O) groups excluding carboxylic acids is 1. The Morgan fingerprint density at radius 1 is 1.13 bits per heavy atom. The van der Waals surface area contributed by atoms with Crippen molar-refractivity contribution in [2.45, 2.75) is 65.2 Å². The van der Waals surface area contributed by atoms with Gasteiger partial charge in [-0.15, -0.1) is 0 Å². The van der Waals surface area contributed by atoms with Gasteiger partial charge in [0.15, 0.2) is 0 Å². The largest absolute Gasteiger partial charge is 0.395 e. The first kappa shape index (κ1) is 21.5. The average Bonchev–Trinajstić information content (AvgIpc) is 3.04. The number of hydrogen-bond donors (Lipinski definition) is 1. The van der Waals surface area contributed by atoms with E-state index in [1.54, 1.807) is 6.08 Å². The zero-order chi connectivity index (χ0) is 21.4. The predicted molar refractivity (Wildman–Crippen MR) is 118 cm³/mol. The van der Waals surface area contributed by atoms with E-state index < -0.39 is 0 Å². The van der Waals surface area contributed by atoms with Crippen LogP contribution in [0.1, 0.15) is 65.2 Å². The number of nitrogens with zero attached hydrogens (tertiary/aromatic N) is 2. The van der Waals surface area contributed by atoms with E-state index in [2.05, 4.69) is 30.7 Å². The minimum absolute atomic E-state index is 0.130. The van der Waals surface area contributed by atoms with Crippen molar-refractivity contribution in [1.82, 2.24) is 0 Å². The third kappa shape index (κ3) is 3.51. The lowest BCUT2D eigenvalue weighted by Gasteiger charge is -2.59. The SMILES string of the molecule is C=CCO/N=C1/C[C@@H]2[C@H](CC[C@]3(C)C(=O)CC[C@@H]23)[C@@]2(C)CC/C(=N/OCCN)CC12. The predicted octanol–water partition coefficient (Wildman–Crippen LogP) is 4.10. The molecule has 166 valence electrons. The molecule has 6 heteroatoms. The monoisotopic (exact) mass is 415 g/mol. The van der Waals surface area contributed by atoms with Gasteiger partial charge in [-0.3, -0.25) is 4.79 Å². The van der Waals surface area contributed by atoms with Gasteiger partial charge in [0, 0.05) is 24.3 Å². The Kier molecular flexibility index (Phi) is 6.06. The Bertz CT molecular complexity index is 748. The summed E-state index contributed by atoms with van der Waals surface area (Å²) in [5, 5.41) is 9.01. The van der Waals surface area contributed by atoms with Crippen LogP contribution >= 0.6 is 0 Å². The number of rotatable bonds is 6. The number of fused-ring (bicyclic) bond motifs is 5. The summed E-state index contributed by atoms with van der Waals surface area (Å²) in [6.45, 7) is 9.76. The average molecular weight is 416 g/mol. The fraction of sp³-hybridized carbons (Fsp3) is 0.792. The van der Waals surface area contributed by atoms with E-state index in [1.807, 2.05) is 0 Å².